The van der Waals surface area contributed by atoms with Gasteiger partial charge in [0.25, 0.3) is 0 Å². The topological polar surface area (TPSA) is 37.8 Å². The summed E-state index contributed by atoms with van der Waals surface area (Å²) in [5, 5.41) is 5.21. The number of benzene rings is 1. The zero-order valence-corrected chi connectivity index (χ0v) is 12.8. The number of hydrogen-bond acceptors (Lipinski definition) is 4. The highest BCUT2D eigenvalue weighted by molar-refractivity contribution is 9.10. The predicted molar refractivity (Wildman–Crippen MR) is 83.3 cm³/mol. The van der Waals surface area contributed by atoms with E-state index in [0.29, 0.717) is 0 Å². The number of thiazole rings is 1. The first-order valence-corrected chi connectivity index (χ1v) is 7.54. The van der Waals surface area contributed by atoms with Gasteiger partial charge in [0.05, 0.1) is 5.52 Å². The molecule has 5 heteroatoms. The van der Waals surface area contributed by atoms with Gasteiger partial charge in [-0.15, -0.1) is 11.3 Å². The molecule has 0 aliphatic heterocycles. The molecule has 2 heterocycles. The molecular weight excluding hydrogens is 322 g/mol. The Bertz CT molecular complexity index is 724. The maximum Gasteiger partial charge on any atom is 0.143 e. The first-order valence-electron chi connectivity index (χ1n) is 5.93. The number of para-hydroxylation sites is 1. The van der Waals surface area contributed by atoms with Crippen LogP contribution < -0.4 is 5.32 Å². The summed E-state index contributed by atoms with van der Waals surface area (Å²) in [5.74, 6) is 0. The third kappa shape index (κ3) is 2.54. The Kier molecular flexibility index (Phi) is 3.59. The maximum atomic E-state index is 4.70. The molecule has 1 N–H and O–H groups in total. The molecular formula is C14H12BrN3S. The van der Waals surface area contributed by atoms with Gasteiger partial charge in [-0.2, -0.15) is 0 Å². The molecule has 0 saturated heterocycles. The fourth-order valence-corrected chi connectivity index (χ4v) is 3.50. The number of aromatic nitrogens is 2. The minimum Gasteiger partial charge on any atom is -0.315 e. The molecule has 0 unspecified atom stereocenters. The molecule has 1 aromatic carbocycles. The quantitative estimate of drug-likeness (QED) is 0.791. The van der Waals surface area contributed by atoms with Gasteiger partial charge in [0.1, 0.15) is 10.7 Å². The largest absolute Gasteiger partial charge is 0.315 e. The van der Waals surface area contributed by atoms with Crippen LogP contribution in [-0.4, -0.2) is 17.0 Å². The van der Waals surface area contributed by atoms with Crippen molar-refractivity contribution in [1.29, 1.82) is 0 Å². The van der Waals surface area contributed by atoms with E-state index in [0.717, 1.165) is 32.6 Å². The van der Waals surface area contributed by atoms with Crippen molar-refractivity contribution in [3.63, 3.8) is 0 Å². The predicted octanol–water partition coefficient (Wildman–Crippen LogP) is 3.84. The number of hydrogen-bond donors (Lipinski definition) is 1. The Morgan fingerprint density at radius 3 is 3.00 bits per heavy atom. The van der Waals surface area contributed by atoms with Gasteiger partial charge in [-0.3, -0.25) is 0 Å². The van der Waals surface area contributed by atoms with Gasteiger partial charge >= 0.3 is 0 Å². The summed E-state index contributed by atoms with van der Waals surface area (Å²) in [7, 11) is 1.93. The number of nitrogens with zero attached hydrogens (tertiary/aromatic N) is 2. The second-order valence-corrected chi connectivity index (χ2v) is 6.14. The molecule has 3 aromatic rings. The number of pyridine rings is 1. The van der Waals surface area contributed by atoms with Crippen LogP contribution in [0.1, 0.15) is 4.88 Å². The lowest BCUT2D eigenvalue weighted by Gasteiger charge is -2.03. The molecule has 0 fully saturated rings. The van der Waals surface area contributed by atoms with Crippen molar-refractivity contribution in [2.24, 2.45) is 0 Å². The van der Waals surface area contributed by atoms with Crippen molar-refractivity contribution < 1.29 is 0 Å². The molecule has 3 nitrogen and oxygen atoms in total. The molecule has 0 radical (unpaired) electrons. The standard InChI is InChI=1S/C14H12BrN3S/c1-16-7-10-8-17-14(19-10)13-11(15)6-9-4-2-3-5-12(9)18-13/h2-6,8,16H,7H2,1H3. The summed E-state index contributed by atoms with van der Waals surface area (Å²) in [6.45, 7) is 0.836. The molecule has 0 saturated carbocycles. The number of nitrogens with one attached hydrogen (secondary N) is 1. The van der Waals surface area contributed by atoms with E-state index in [2.05, 4.69) is 38.4 Å². The van der Waals surface area contributed by atoms with Crippen LogP contribution in [-0.2, 0) is 6.54 Å². The van der Waals surface area contributed by atoms with Crippen LogP contribution in [0.2, 0.25) is 0 Å². The maximum absolute atomic E-state index is 4.70. The molecule has 0 aliphatic rings. The van der Waals surface area contributed by atoms with Crippen LogP contribution >= 0.6 is 27.3 Å². The van der Waals surface area contributed by atoms with E-state index in [1.807, 2.05) is 31.4 Å². The summed E-state index contributed by atoms with van der Waals surface area (Å²) in [6.07, 6.45) is 1.90. The number of halogens is 1. The summed E-state index contributed by atoms with van der Waals surface area (Å²) < 4.78 is 0.983. The molecule has 3 rings (SSSR count). The average molecular weight is 334 g/mol. The monoisotopic (exact) mass is 333 g/mol. The van der Waals surface area contributed by atoms with Crippen molar-refractivity contribution in [3.05, 3.63) is 45.9 Å². The van der Waals surface area contributed by atoms with E-state index < -0.39 is 0 Å². The molecule has 19 heavy (non-hydrogen) atoms. The van der Waals surface area contributed by atoms with Crippen LogP contribution in [0.4, 0.5) is 0 Å². The molecule has 0 spiro atoms. The van der Waals surface area contributed by atoms with Gasteiger partial charge in [0, 0.05) is 27.5 Å². The Morgan fingerprint density at radius 2 is 2.16 bits per heavy atom. The van der Waals surface area contributed by atoms with Gasteiger partial charge < -0.3 is 5.32 Å². The van der Waals surface area contributed by atoms with E-state index in [9.17, 15) is 0 Å². The SMILES string of the molecule is CNCc1cnc(-c2nc3ccccc3cc2Br)s1. The smallest absolute Gasteiger partial charge is 0.143 e. The van der Waals surface area contributed by atoms with Gasteiger partial charge in [-0.05, 0) is 35.1 Å². The van der Waals surface area contributed by atoms with Crippen LogP contribution in [0.5, 0.6) is 0 Å². The zero-order valence-electron chi connectivity index (χ0n) is 10.4. The van der Waals surface area contributed by atoms with Gasteiger partial charge in [-0.1, -0.05) is 18.2 Å². The van der Waals surface area contributed by atoms with E-state index in [4.69, 9.17) is 4.98 Å². The Hall–Kier alpha value is -1.30. The van der Waals surface area contributed by atoms with Crippen LogP contribution in [0.15, 0.2) is 41.0 Å². The first-order chi connectivity index (χ1) is 9.28. The van der Waals surface area contributed by atoms with E-state index >= 15 is 0 Å². The highest BCUT2D eigenvalue weighted by Gasteiger charge is 2.11. The lowest BCUT2D eigenvalue weighted by atomic mass is 10.2. The minimum atomic E-state index is 0.836. The van der Waals surface area contributed by atoms with Crippen molar-refractivity contribution >= 4 is 38.2 Å². The summed E-state index contributed by atoms with van der Waals surface area (Å²) in [5.41, 5.74) is 1.90. The van der Waals surface area contributed by atoms with Crippen molar-refractivity contribution in [1.82, 2.24) is 15.3 Å². The summed E-state index contributed by atoms with van der Waals surface area (Å²) >= 11 is 5.26. The molecule has 0 bridgehead atoms. The minimum absolute atomic E-state index is 0.836. The molecule has 0 aliphatic carbocycles. The Balaban J connectivity index is 2.10. The fourth-order valence-electron chi connectivity index (χ4n) is 1.91. The molecule has 96 valence electrons. The van der Waals surface area contributed by atoms with Crippen molar-refractivity contribution in [2.75, 3.05) is 7.05 Å². The zero-order chi connectivity index (χ0) is 13.2. The van der Waals surface area contributed by atoms with E-state index in [1.165, 1.54) is 4.88 Å². The highest BCUT2D eigenvalue weighted by Crippen LogP contribution is 2.32. The van der Waals surface area contributed by atoms with Crippen LogP contribution in [0.3, 0.4) is 0 Å². The third-order valence-corrected chi connectivity index (χ3v) is 4.39. The highest BCUT2D eigenvalue weighted by atomic mass is 79.9. The second-order valence-electron chi connectivity index (χ2n) is 4.17. The first kappa shape index (κ1) is 12.7. The van der Waals surface area contributed by atoms with Gasteiger partial charge in [0.2, 0.25) is 0 Å². The third-order valence-electron chi connectivity index (χ3n) is 2.78. The number of fused-ring (bicyclic) bond motifs is 1. The Morgan fingerprint density at radius 1 is 1.32 bits per heavy atom. The Labute approximate surface area is 123 Å². The molecule has 2 aromatic heterocycles. The molecule has 0 amide bonds. The fraction of sp³-hybridized carbons (Fsp3) is 0.143. The van der Waals surface area contributed by atoms with Gasteiger partial charge in [0.15, 0.2) is 0 Å². The van der Waals surface area contributed by atoms with Gasteiger partial charge in [-0.25, -0.2) is 9.97 Å². The normalized spacial score (nSPS) is 11.1. The van der Waals surface area contributed by atoms with Crippen LogP contribution in [0, 0.1) is 0 Å². The lowest BCUT2D eigenvalue weighted by Crippen LogP contribution is -2.02. The summed E-state index contributed by atoms with van der Waals surface area (Å²) in [4.78, 5) is 10.4. The number of rotatable bonds is 3. The average Bonchev–Trinajstić information content (AvgIpc) is 2.87. The lowest BCUT2D eigenvalue weighted by molar-refractivity contribution is 0.829. The van der Waals surface area contributed by atoms with Crippen LogP contribution in [0.25, 0.3) is 21.6 Å². The van der Waals surface area contributed by atoms with E-state index in [-0.39, 0.29) is 0 Å². The second kappa shape index (κ2) is 5.36. The molecule has 0 atom stereocenters. The van der Waals surface area contributed by atoms with Crippen molar-refractivity contribution in [2.45, 2.75) is 6.54 Å². The van der Waals surface area contributed by atoms with E-state index in [1.54, 1.807) is 11.3 Å². The summed E-state index contributed by atoms with van der Waals surface area (Å²) in [6, 6.07) is 10.2. The van der Waals surface area contributed by atoms with Crippen molar-refractivity contribution in [3.8, 4) is 10.7 Å².